The summed E-state index contributed by atoms with van der Waals surface area (Å²) in [6.07, 6.45) is 6.45. The minimum Gasteiger partial charge on any atom is -0.495 e. The monoisotopic (exact) mass is 569 g/mol. The highest BCUT2D eigenvalue weighted by Gasteiger charge is 2.17. The Labute approximate surface area is 242 Å². The zero-order valence-electron chi connectivity index (χ0n) is 23.4. The first-order valence-corrected chi connectivity index (χ1v) is 13.6. The Bertz CT molecular complexity index is 1530. The average Bonchev–Trinajstić information content (AvgIpc) is 3.53. The van der Waals surface area contributed by atoms with E-state index in [1.54, 1.807) is 54.5 Å². The molecule has 5 rings (SSSR count). The molecular weight excluding hydrogens is 538 g/mol. The number of carbonyl (C=O) groups excluding carboxylic acids is 1. The maximum atomic E-state index is 12.8. The third-order valence-corrected chi connectivity index (χ3v) is 6.85. The smallest absolute Gasteiger partial charge is 0.251 e. The first kappa shape index (κ1) is 28.4. The minimum atomic E-state index is -0.284. The lowest BCUT2D eigenvalue weighted by Crippen LogP contribution is -2.32. The van der Waals surface area contributed by atoms with Crippen LogP contribution in [0, 0.1) is 17.2 Å². The zero-order valence-corrected chi connectivity index (χ0v) is 23.4. The third kappa shape index (κ3) is 7.15. The molecule has 42 heavy (non-hydrogen) atoms. The van der Waals surface area contributed by atoms with E-state index >= 15 is 0 Å². The van der Waals surface area contributed by atoms with Crippen molar-refractivity contribution in [3.8, 4) is 28.7 Å². The zero-order chi connectivity index (χ0) is 29.3. The van der Waals surface area contributed by atoms with Crippen LogP contribution in [-0.4, -0.2) is 69.1 Å². The molecule has 1 aliphatic rings. The number of nitrogens with one attached hydrogen (secondary N) is 2. The van der Waals surface area contributed by atoms with Gasteiger partial charge < -0.3 is 24.8 Å². The van der Waals surface area contributed by atoms with Gasteiger partial charge in [0.15, 0.2) is 0 Å². The van der Waals surface area contributed by atoms with E-state index in [1.165, 1.54) is 6.33 Å². The van der Waals surface area contributed by atoms with Crippen molar-refractivity contribution in [2.45, 2.75) is 32.4 Å². The van der Waals surface area contributed by atoms with Crippen LogP contribution in [0.1, 0.15) is 35.7 Å². The highest BCUT2D eigenvalue weighted by atomic mass is 16.5. The van der Waals surface area contributed by atoms with Crippen molar-refractivity contribution in [2.24, 2.45) is 5.92 Å². The van der Waals surface area contributed by atoms with Crippen molar-refractivity contribution in [1.29, 1.82) is 5.26 Å². The molecule has 1 amide bonds. The van der Waals surface area contributed by atoms with Crippen molar-refractivity contribution < 1.29 is 19.0 Å². The largest absolute Gasteiger partial charge is 0.495 e. The average molecular weight is 570 g/mol. The van der Waals surface area contributed by atoms with Crippen LogP contribution in [0.15, 0.2) is 55.1 Å². The van der Waals surface area contributed by atoms with Crippen LogP contribution >= 0.6 is 0 Å². The highest BCUT2D eigenvalue weighted by molar-refractivity contribution is 5.95. The van der Waals surface area contributed by atoms with Gasteiger partial charge in [0.2, 0.25) is 5.95 Å². The van der Waals surface area contributed by atoms with Crippen LogP contribution in [-0.2, 0) is 11.3 Å². The summed E-state index contributed by atoms with van der Waals surface area (Å²) < 4.78 is 18.5. The van der Waals surface area contributed by atoms with Crippen LogP contribution in [0.2, 0.25) is 0 Å². The predicted molar refractivity (Wildman–Crippen MR) is 152 cm³/mol. The van der Waals surface area contributed by atoms with E-state index in [2.05, 4.69) is 42.2 Å². The Kier molecular flexibility index (Phi) is 9.15. The van der Waals surface area contributed by atoms with Gasteiger partial charge in [-0.2, -0.15) is 5.26 Å². The fraction of sp³-hybridized carbons (Fsp3) is 0.345. The molecule has 0 spiro atoms. The Morgan fingerprint density at radius 2 is 1.95 bits per heavy atom. The number of rotatable bonds is 11. The number of hydrogen-bond acceptors (Lipinski definition) is 11. The summed E-state index contributed by atoms with van der Waals surface area (Å²) in [5, 5.41) is 26.8. The number of aromatic nitrogens is 6. The van der Waals surface area contributed by atoms with Gasteiger partial charge >= 0.3 is 0 Å². The fourth-order valence-electron chi connectivity index (χ4n) is 4.57. The lowest BCUT2D eigenvalue weighted by molar-refractivity contribution is 0.0642. The number of ether oxygens (including phenoxy) is 3. The van der Waals surface area contributed by atoms with Gasteiger partial charge in [0.05, 0.1) is 24.9 Å². The van der Waals surface area contributed by atoms with Crippen LogP contribution in [0.4, 0.5) is 11.6 Å². The Morgan fingerprint density at radius 3 is 2.67 bits per heavy atom. The second kappa shape index (κ2) is 13.5. The molecular formula is C29H31N9O4. The predicted octanol–water partition coefficient (Wildman–Crippen LogP) is 3.38. The second-order valence-electron chi connectivity index (χ2n) is 9.88. The highest BCUT2D eigenvalue weighted by Crippen LogP contribution is 2.30. The van der Waals surface area contributed by atoms with E-state index < -0.39 is 0 Å². The van der Waals surface area contributed by atoms with Crippen molar-refractivity contribution in [3.63, 3.8) is 0 Å². The molecule has 1 atom stereocenters. The van der Waals surface area contributed by atoms with E-state index in [1.807, 2.05) is 13.0 Å². The number of methoxy groups -OCH3 is 1. The van der Waals surface area contributed by atoms with Crippen molar-refractivity contribution in [1.82, 2.24) is 35.5 Å². The van der Waals surface area contributed by atoms with Crippen molar-refractivity contribution >= 4 is 17.5 Å². The number of benzene rings is 2. The summed E-state index contributed by atoms with van der Waals surface area (Å²) in [4.78, 5) is 21.7. The molecule has 13 nitrogen and oxygen atoms in total. The number of hydrogen-bond donors (Lipinski definition) is 2. The quantitative estimate of drug-likeness (QED) is 0.272. The Morgan fingerprint density at radius 1 is 1.14 bits per heavy atom. The van der Waals surface area contributed by atoms with Crippen molar-refractivity contribution in [3.05, 3.63) is 66.2 Å². The molecule has 2 N–H and O–H groups in total. The van der Waals surface area contributed by atoms with Crippen LogP contribution in [0.25, 0.3) is 11.1 Å². The molecule has 0 bridgehead atoms. The number of nitrogens with zero attached hydrogens (tertiary/aromatic N) is 7. The van der Waals surface area contributed by atoms with E-state index in [0.29, 0.717) is 53.3 Å². The van der Waals surface area contributed by atoms with Gasteiger partial charge in [0, 0.05) is 43.3 Å². The van der Waals surface area contributed by atoms with Crippen molar-refractivity contribution in [2.75, 3.05) is 32.2 Å². The van der Waals surface area contributed by atoms with E-state index in [0.717, 1.165) is 37.2 Å². The Balaban J connectivity index is 1.27. The molecule has 1 saturated heterocycles. The summed E-state index contributed by atoms with van der Waals surface area (Å²) in [5.74, 6) is 1.58. The van der Waals surface area contributed by atoms with Crippen LogP contribution < -0.4 is 20.1 Å². The first-order valence-electron chi connectivity index (χ1n) is 13.6. The third-order valence-electron chi connectivity index (χ3n) is 6.85. The fourth-order valence-corrected chi connectivity index (χ4v) is 4.57. The molecule has 0 aliphatic carbocycles. The molecule has 0 saturated carbocycles. The van der Waals surface area contributed by atoms with E-state index in [4.69, 9.17) is 14.2 Å². The molecule has 1 fully saturated rings. The minimum absolute atomic E-state index is 0.158. The maximum Gasteiger partial charge on any atom is 0.251 e. The molecule has 2 aromatic heterocycles. The second-order valence-corrected chi connectivity index (χ2v) is 9.88. The van der Waals surface area contributed by atoms with E-state index in [-0.39, 0.29) is 12.0 Å². The van der Waals surface area contributed by atoms with Gasteiger partial charge in [0.1, 0.15) is 30.0 Å². The Hall–Kier alpha value is -5.09. The topological polar surface area (TPSA) is 162 Å². The molecule has 4 aromatic rings. The molecule has 0 radical (unpaired) electrons. The molecule has 0 unspecified atom stereocenters. The first-order chi connectivity index (χ1) is 20.5. The lowest BCUT2D eigenvalue weighted by Gasteiger charge is -2.22. The molecule has 1 aliphatic heterocycles. The lowest BCUT2D eigenvalue weighted by atomic mass is 10.0. The number of carbonyl (C=O) groups is 1. The van der Waals surface area contributed by atoms with Gasteiger partial charge in [-0.1, -0.05) is 6.07 Å². The number of nitriles is 1. The summed E-state index contributed by atoms with van der Waals surface area (Å²) in [6, 6.07) is 12.6. The van der Waals surface area contributed by atoms with Crippen LogP contribution in [0.3, 0.4) is 0 Å². The maximum absolute atomic E-state index is 12.8. The van der Waals surface area contributed by atoms with Gasteiger partial charge in [0.25, 0.3) is 5.91 Å². The number of amides is 1. The number of anilines is 2. The van der Waals surface area contributed by atoms with Gasteiger partial charge in [-0.25, -0.2) is 14.6 Å². The molecule has 13 heteroatoms. The molecule has 216 valence electrons. The summed E-state index contributed by atoms with van der Waals surface area (Å²) >= 11 is 0. The SMILES string of the molecule is COc1ccc(C(=O)NCC2CCOCC2)cc1Nc1ncc(-c2ccc(C#N)c(O[C@@H](C)Cn3cnnn3)c2)cn1. The van der Waals surface area contributed by atoms with Gasteiger partial charge in [-0.3, -0.25) is 4.79 Å². The normalized spacial score (nSPS) is 14.0. The van der Waals surface area contributed by atoms with Crippen LogP contribution in [0.5, 0.6) is 11.5 Å². The summed E-state index contributed by atoms with van der Waals surface area (Å²) in [5.41, 5.74) is 2.99. The molecule has 2 aromatic carbocycles. The summed E-state index contributed by atoms with van der Waals surface area (Å²) in [6.45, 7) is 4.38. The van der Waals surface area contributed by atoms with Gasteiger partial charge in [-0.15, -0.1) is 5.10 Å². The summed E-state index contributed by atoms with van der Waals surface area (Å²) in [7, 11) is 1.56. The number of tetrazole rings is 1. The van der Waals surface area contributed by atoms with E-state index in [9.17, 15) is 10.1 Å². The van der Waals surface area contributed by atoms with Gasteiger partial charge in [-0.05, 0) is 72.0 Å². The standard InChI is InChI=1S/C29H31N9O4/c1-19(17-38-18-34-36-37-38)42-27-12-21(3-4-23(27)13-30)24-15-32-29(33-16-24)35-25-11-22(5-6-26(25)40-2)28(39)31-14-20-7-9-41-10-8-20/h3-6,11-12,15-16,18-20H,7-10,14,17H2,1-2H3,(H,31,39)(H,32,33,35)/t19-/m0/s1. The molecule has 3 heterocycles.